The summed E-state index contributed by atoms with van der Waals surface area (Å²) in [4.78, 5) is 8.48. The molecule has 1 aromatic carbocycles. The topological polar surface area (TPSA) is 75.9 Å². The van der Waals surface area contributed by atoms with Gasteiger partial charge in [0.15, 0.2) is 5.16 Å². The van der Waals surface area contributed by atoms with Crippen LogP contribution in [0, 0.1) is 0 Å². The molecule has 5 nitrogen and oxygen atoms in total. The first-order chi connectivity index (χ1) is 9.13. The van der Waals surface area contributed by atoms with Crippen LogP contribution in [-0.2, 0) is 0 Å². The van der Waals surface area contributed by atoms with Crippen molar-refractivity contribution < 1.29 is 0 Å². The molecular formula is C11H11Cl2N5S. The zero-order chi connectivity index (χ0) is 13.8. The number of nitrogens with zero attached hydrogens (tertiary/aromatic N) is 2. The highest BCUT2D eigenvalue weighted by atomic mass is 35.5. The van der Waals surface area contributed by atoms with Gasteiger partial charge in [0.25, 0.3) is 0 Å². The number of nitrogens with two attached hydrogens (primary N) is 1. The molecule has 0 aliphatic rings. The SMILES string of the molecule is CSc1nc(NN)cc(Nc2cccc(Cl)c2Cl)n1. The van der Waals surface area contributed by atoms with E-state index in [-0.39, 0.29) is 0 Å². The van der Waals surface area contributed by atoms with Gasteiger partial charge in [0.2, 0.25) is 0 Å². The van der Waals surface area contributed by atoms with E-state index < -0.39 is 0 Å². The van der Waals surface area contributed by atoms with Crippen LogP contribution in [0.5, 0.6) is 0 Å². The summed E-state index contributed by atoms with van der Waals surface area (Å²) in [5.74, 6) is 6.46. The van der Waals surface area contributed by atoms with Gasteiger partial charge in [0, 0.05) is 6.07 Å². The van der Waals surface area contributed by atoms with Gasteiger partial charge in [-0.3, -0.25) is 0 Å². The maximum absolute atomic E-state index is 6.11. The highest BCUT2D eigenvalue weighted by Crippen LogP contribution is 2.31. The number of benzene rings is 1. The third kappa shape index (κ3) is 3.42. The number of nitrogens with one attached hydrogen (secondary N) is 2. The molecule has 1 heterocycles. The highest BCUT2D eigenvalue weighted by molar-refractivity contribution is 7.98. The van der Waals surface area contributed by atoms with Crippen molar-refractivity contribution in [1.29, 1.82) is 0 Å². The first kappa shape index (κ1) is 14.2. The van der Waals surface area contributed by atoms with Crippen molar-refractivity contribution in [1.82, 2.24) is 9.97 Å². The molecule has 0 bridgehead atoms. The fourth-order valence-corrected chi connectivity index (χ4v) is 2.12. The average molecular weight is 316 g/mol. The highest BCUT2D eigenvalue weighted by Gasteiger charge is 2.07. The van der Waals surface area contributed by atoms with Crippen LogP contribution in [0.3, 0.4) is 0 Å². The molecule has 0 amide bonds. The molecule has 0 aliphatic heterocycles. The van der Waals surface area contributed by atoms with Gasteiger partial charge >= 0.3 is 0 Å². The predicted octanol–water partition coefficient (Wildman–Crippen LogP) is 3.53. The second-order valence-corrected chi connectivity index (χ2v) is 5.05. The van der Waals surface area contributed by atoms with E-state index in [1.54, 1.807) is 18.2 Å². The number of halogens is 2. The van der Waals surface area contributed by atoms with Crippen LogP contribution in [0.4, 0.5) is 17.3 Å². The number of nitrogen functional groups attached to an aromatic ring is 1. The summed E-state index contributed by atoms with van der Waals surface area (Å²) in [7, 11) is 0. The number of hydrazine groups is 1. The minimum atomic E-state index is 0.440. The molecule has 0 saturated carbocycles. The van der Waals surface area contributed by atoms with Crippen LogP contribution >= 0.6 is 35.0 Å². The molecular weight excluding hydrogens is 305 g/mol. The molecule has 0 saturated heterocycles. The molecule has 0 spiro atoms. The van der Waals surface area contributed by atoms with E-state index in [1.165, 1.54) is 11.8 Å². The van der Waals surface area contributed by atoms with Gasteiger partial charge < -0.3 is 10.7 Å². The smallest absolute Gasteiger partial charge is 0.191 e. The Bertz CT molecular complexity index is 571. The first-order valence-electron chi connectivity index (χ1n) is 5.24. The lowest BCUT2D eigenvalue weighted by Gasteiger charge is -2.10. The lowest BCUT2D eigenvalue weighted by atomic mass is 10.3. The van der Waals surface area contributed by atoms with Gasteiger partial charge in [0.1, 0.15) is 11.6 Å². The summed E-state index contributed by atoms with van der Waals surface area (Å²) in [6.45, 7) is 0. The van der Waals surface area contributed by atoms with Crippen molar-refractivity contribution in [3.63, 3.8) is 0 Å². The normalized spacial score (nSPS) is 10.3. The molecule has 2 aromatic rings. The minimum absolute atomic E-state index is 0.440. The molecule has 0 fully saturated rings. The number of hydrogen-bond donors (Lipinski definition) is 3. The maximum atomic E-state index is 6.11. The zero-order valence-corrected chi connectivity index (χ0v) is 12.3. The Hall–Kier alpha value is -1.21. The Morgan fingerprint density at radius 3 is 2.63 bits per heavy atom. The van der Waals surface area contributed by atoms with Crippen LogP contribution in [0.1, 0.15) is 0 Å². The molecule has 2 rings (SSSR count). The standard InChI is InChI=1S/C11H11Cl2N5S/c1-19-11-16-8(5-9(17-11)18-14)15-7-4-2-3-6(12)10(7)13/h2-5H,14H2,1H3,(H2,15,16,17,18). The largest absolute Gasteiger partial charge is 0.339 e. The van der Waals surface area contributed by atoms with E-state index in [1.807, 2.05) is 12.3 Å². The lowest BCUT2D eigenvalue weighted by Crippen LogP contribution is -2.10. The van der Waals surface area contributed by atoms with Gasteiger partial charge in [-0.1, -0.05) is 41.0 Å². The van der Waals surface area contributed by atoms with Crippen LogP contribution in [0.15, 0.2) is 29.4 Å². The van der Waals surface area contributed by atoms with Gasteiger partial charge in [-0.15, -0.1) is 0 Å². The fourth-order valence-electron chi connectivity index (χ4n) is 1.39. The summed E-state index contributed by atoms with van der Waals surface area (Å²) in [5.41, 5.74) is 3.16. The van der Waals surface area contributed by atoms with Crippen molar-refractivity contribution in [3.05, 3.63) is 34.3 Å². The van der Waals surface area contributed by atoms with Crippen molar-refractivity contribution in [3.8, 4) is 0 Å². The molecule has 0 unspecified atom stereocenters. The molecule has 0 atom stereocenters. The van der Waals surface area contributed by atoms with Crippen molar-refractivity contribution in [2.24, 2.45) is 5.84 Å². The Labute approximate surface area is 124 Å². The number of thioether (sulfide) groups is 1. The van der Waals surface area contributed by atoms with Crippen LogP contribution in [0.2, 0.25) is 10.0 Å². The van der Waals surface area contributed by atoms with E-state index in [4.69, 9.17) is 29.0 Å². The van der Waals surface area contributed by atoms with E-state index in [0.29, 0.717) is 32.5 Å². The fraction of sp³-hybridized carbons (Fsp3) is 0.0909. The number of aromatic nitrogens is 2. The van der Waals surface area contributed by atoms with Crippen molar-refractivity contribution in [2.45, 2.75) is 5.16 Å². The van der Waals surface area contributed by atoms with Gasteiger partial charge in [-0.2, -0.15) is 0 Å². The molecule has 8 heteroatoms. The van der Waals surface area contributed by atoms with Crippen LogP contribution in [0.25, 0.3) is 0 Å². The van der Waals surface area contributed by atoms with Crippen LogP contribution in [-0.4, -0.2) is 16.2 Å². The summed E-state index contributed by atoms with van der Waals surface area (Å²) in [6, 6.07) is 7.01. The Morgan fingerprint density at radius 2 is 1.95 bits per heavy atom. The van der Waals surface area contributed by atoms with E-state index in [0.717, 1.165) is 0 Å². The lowest BCUT2D eigenvalue weighted by molar-refractivity contribution is 0.971. The van der Waals surface area contributed by atoms with Gasteiger partial charge in [0.05, 0.1) is 15.7 Å². The predicted molar refractivity (Wildman–Crippen MR) is 81.4 cm³/mol. The Balaban J connectivity index is 2.34. The Morgan fingerprint density at radius 1 is 1.21 bits per heavy atom. The van der Waals surface area contributed by atoms with Crippen molar-refractivity contribution in [2.75, 3.05) is 17.0 Å². The molecule has 19 heavy (non-hydrogen) atoms. The van der Waals surface area contributed by atoms with Crippen LogP contribution < -0.4 is 16.6 Å². The monoisotopic (exact) mass is 315 g/mol. The quantitative estimate of drug-likeness (QED) is 0.347. The Kier molecular flexibility index (Phi) is 4.71. The van der Waals surface area contributed by atoms with Gasteiger partial charge in [-0.25, -0.2) is 15.8 Å². The molecule has 1 aromatic heterocycles. The zero-order valence-electron chi connectivity index (χ0n) is 9.95. The first-order valence-corrected chi connectivity index (χ1v) is 7.23. The molecule has 0 aliphatic carbocycles. The second kappa shape index (κ2) is 6.29. The number of rotatable bonds is 4. The summed E-state index contributed by atoms with van der Waals surface area (Å²) in [5, 5.41) is 4.60. The summed E-state index contributed by atoms with van der Waals surface area (Å²) in [6.07, 6.45) is 1.88. The van der Waals surface area contributed by atoms with Crippen molar-refractivity contribution >= 4 is 52.3 Å². The minimum Gasteiger partial charge on any atom is -0.339 e. The van der Waals surface area contributed by atoms with Gasteiger partial charge in [-0.05, 0) is 18.4 Å². The average Bonchev–Trinajstić information content (AvgIpc) is 2.43. The third-order valence-electron chi connectivity index (χ3n) is 2.25. The second-order valence-electron chi connectivity index (χ2n) is 3.50. The molecule has 100 valence electrons. The number of hydrogen-bond acceptors (Lipinski definition) is 6. The molecule has 4 N–H and O–H groups in total. The summed E-state index contributed by atoms with van der Waals surface area (Å²) < 4.78 is 0. The third-order valence-corrected chi connectivity index (χ3v) is 3.62. The maximum Gasteiger partial charge on any atom is 0.191 e. The summed E-state index contributed by atoms with van der Waals surface area (Å²) >= 11 is 13.5. The molecule has 0 radical (unpaired) electrons. The van der Waals surface area contributed by atoms with E-state index in [9.17, 15) is 0 Å². The van der Waals surface area contributed by atoms with E-state index >= 15 is 0 Å². The number of anilines is 3. The van der Waals surface area contributed by atoms with E-state index in [2.05, 4.69) is 20.7 Å².